The van der Waals surface area contributed by atoms with E-state index in [0.29, 0.717) is 24.4 Å². The van der Waals surface area contributed by atoms with Gasteiger partial charge in [-0.15, -0.1) is 0 Å². The number of rotatable bonds is 5. The van der Waals surface area contributed by atoms with Gasteiger partial charge in [0.05, 0.1) is 5.92 Å². The molecule has 1 aliphatic carbocycles. The lowest BCUT2D eigenvalue weighted by Gasteiger charge is -2.42. The number of piperidine rings is 2. The van der Waals surface area contributed by atoms with E-state index >= 15 is 0 Å². The first-order valence-corrected chi connectivity index (χ1v) is 10.8. The lowest BCUT2D eigenvalue weighted by atomic mass is 9.93. The molecular weight excluding hydrogens is 352 g/mol. The number of nitrogens with one attached hydrogen (secondary N) is 1. The lowest BCUT2D eigenvalue weighted by molar-refractivity contribution is -0.134. The highest BCUT2D eigenvalue weighted by Crippen LogP contribution is 2.32. The maximum atomic E-state index is 12.7. The maximum Gasteiger partial charge on any atom is 0.225 e. The highest BCUT2D eigenvalue weighted by Gasteiger charge is 2.37. The summed E-state index contributed by atoms with van der Waals surface area (Å²) in [6, 6.07) is 2.49. The molecular formula is C22H32N4O2. The fourth-order valence-corrected chi connectivity index (χ4v) is 4.62. The largest absolute Gasteiger partial charge is 0.352 e. The molecule has 3 aliphatic rings. The average molecular weight is 385 g/mol. The second-order valence-corrected chi connectivity index (χ2v) is 8.68. The van der Waals surface area contributed by atoms with Crippen molar-refractivity contribution in [2.75, 3.05) is 26.2 Å². The van der Waals surface area contributed by atoms with Crippen LogP contribution >= 0.6 is 0 Å². The van der Waals surface area contributed by atoms with Crippen molar-refractivity contribution in [3.63, 3.8) is 0 Å². The van der Waals surface area contributed by atoms with Gasteiger partial charge in [0.25, 0.3) is 0 Å². The molecule has 1 aromatic rings. The van der Waals surface area contributed by atoms with Crippen molar-refractivity contribution in [2.24, 2.45) is 11.8 Å². The summed E-state index contributed by atoms with van der Waals surface area (Å²) in [6.07, 6.45) is 9.92. The molecule has 1 N–H and O–H groups in total. The lowest BCUT2D eigenvalue weighted by Crippen LogP contribution is -2.51. The molecule has 0 aromatic carbocycles. The molecule has 0 bridgehead atoms. The normalized spacial score (nSPS) is 24.2. The number of aromatic nitrogens is 1. The van der Waals surface area contributed by atoms with Crippen LogP contribution in [0.25, 0.3) is 0 Å². The number of nitrogens with zero attached hydrogens (tertiary/aromatic N) is 3. The minimum absolute atomic E-state index is 0.0713. The number of aryl methyl sites for hydroxylation is 1. The minimum Gasteiger partial charge on any atom is -0.352 e. The van der Waals surface area contributed by atoms with Gasteiger partial charge in [-0.3, -0.25) is 19.5 Å². The minimum atomic E-state index is 0.0713. The number of likely N-dealkylation sites (tertiary alicyclic amines) is 2. The molecule has 4 rings (SSSR count). The first kappa shape index (κ1) is 19.4. The molecule has 152 valence electrons. The summed E-state index contributed by atoms with van der Waals surface area (Å²) >= 11 is 0. The number of pyridine rings is 1. The van der Waals surface area contributed by atoms with E-state index in [1.54, 1.807) is 6.20 Å². The van der Waals surface area contributed by atoms with E-state index < -0.39 is 0 Å². The van der Waals surface area contributed by atoms with Crippen molar-refractivity contribution in [2.45, 2.75) is 58.0 Å². The molecule has 2 aliphatic heterocycles. The standard InChI is InChI=1S/C22H32N4O2/c1-16-13-23-9-6-18(16)14-24-21(27)19-3-2-10-26(15-19)20-7-11-25(12-8-20)22(28)17-4-5-17/h6,9,13,17,19-20H,2-5,7-8,10-12,14-15H2,1H3,(H,24,27). The van der Waals surface area contributed by atoms with Gasteiger partial charge in [-0.05, 0) is 69.2 Å². The van der Waals surface area contributed by atoms with Gasteiger partial charge in [0, 0.05) is 50.5 Å². The van der Waals surface area contributed by atoms with E-state index in [2.05, 4.69) is 20.1 Å². The molecule has 3 heterocycles. The predicted molar refractivity (Wildman–Crippen MR) is 107 cm³/mol. The summed E-state index contributed by atoms with van der Waals surface area (Å²) in [6.45, 7) is 6.29. The van der Waals surface area contributed by atoms with Gasteiger partial charge < -0.3 is 10.2 Å². The summed E-state index contributed by atoms with van der Waals surface area (Å²) in [5, 5.41) is 3.13. The van der Waals surface area contributed by atoms with Crippen molar-refractivity contribution in [3.8, 4) is 0 Å². The third kappa shape index (κ3) is 4.54. The molecule has 28 heavy (non-hydrogen) atoms. The summed E-state index contributed by atoms with van der Waals surface area (Å²) < 4.78 is 0. The highest BCUT2D eigenvalue weighted by molar-refractivity contribution is 5.81. The van der Waals surface area contributed by atoms with E-state index in [4.69, 9.17) is 0 Å². The predicted octanol–water partition coefficient (Wildman–Crippen LogP) is 2.12. The van der Waals surface area contributed by atoms with E-state index in [9.17, 15) is 9.59 Å². The van der Waals surface area contributed by atoms with Crippen LogP contribution in [0, 0.1) is 18.8 Å². The first-order valence-electron chi connectivity index (χ1n) is 10.8. The Balaban J connectivity index is 1.25. The Morgan fingerprint density at radius 1 is 1.11 bits per heavy atom. The Morgan fingerprint density at radius 2 is 1.89 bits per heavy atom. The Labute approximate surface area is 167 Å². The molecule has 2 amide bonds. The topological polar surface area (TPSA) is 65.5 Å². The SMILES string of the molecule is Cc1cnccc1CNC(=O)C1CCCN(C2CCN(C(=O)C3CC3)CC2)C1. The molecule has 0 radical (unpaired) electrons. The molecule has 1 saturated carbocycles. The number of carbonyl (C=O) groups is 2. The zero-order chi connectivity index (χ0) is 19.5. The number of hydrogen-bond donors (Lipinski definition) is 1. The number of carbonyl (C=O) groups excluding carboxylic acids is 2. The molecule has 0 spiro atoms. The average Bonchev–Trinajstić information content (AvgIpc) is 3.58. The maximum absolute atomic E-state index is 12.7. The van der Waals surface area contributed by atoms with Gasteiger partial charge in [0.1, 0.15) is 0 Å². The quantitative estimate of drug-likeness (QED) is 0.845. The van der Waals surface area contributed by atoms with E-state index in [0.717, 1.165) is 75.8 Å². The Kier molecular flexibility index (Phi) is 5.95. The Bertz CT molecular complexity index is 710. The summed E-state index contributed by atoms with van der Waals surface area (Å²) in [7, 11) is 0. The zero-order valence-electron chi connectivity index (χ0n) is 16.9. The third-order valence-electron chi connectivity index (χ3n) is 6.63. The fraction of sp³-hybridized carbons (Fsp3) is 0.682. The van der Waals surface area contributed by atoms with Gasteiger partial charge in [0.15, 0.2) is 0 Å². The van der Waals surface area contributed by atoms with Gasteiger partial charge in [0.2, 0.25) is 11.8 Å². The van der Waals surface area contributed by atoms with Crippen LogP contribution in [0.1, 0.15) is 49.7 Å². The molecule has 6 heteroatoms. The molecule has 2 saturated heterocycles. The van der Waals surface area contributed by atoms with Gasteiger partial charge in [-0.2, -0.15) is 0 Å². The van der Waals surface area contributed by atoms with E-state index in [1.165, 1.54) is 0 Å². The van der Waals surface area contributed by atoms with Crippen molar-refractivity contribution < 1.29 is 9.59 Å². The summed E-state index contributed by atoms with van der Waals surface area (Å²) in [4.78, 5) is 33.7. The van der Waals surface area contributed by atoms with Crippen LogP contribution in [0.4, 0.5) is 0 Å². The Hall–Kier alpha value is -1.95. The molecule has 1 aromatic heterocycles. The van der Waals surface area contributed by atoms with Crippen LogP contribution in [0.5, 0.6) is 0 Å². The van der Waals surface area contributed by atoms with Crippen LogP contribution in [0.3, 0.4) is 0 Å². The van der Waals surface area contributed by atoms with E-state index in [1.807, 2.05) is 19.2 Å². The van der Waals surface area contributed by atoms with Crippen LogP contribution in [0.15, 0.2) is 18.5 Å². The van der Waals surface area contributed by atoms with Gasteiger partial charge in [-0.1, -0.05) is 0 Å². The van der Waals surface area contributed by atoms with Gasteiger partial charge >= 0.3 is 0 Å². The molecule has 1 atom stereocenters. The molecule has 6 nitrogen and oxygen atoms in total. The fourth-order valence-electron chi connectivity index (χ4n) is 4.62. The van der Waals surface area contributed by atoms with Crippen LogP contribution in [-0.2, 0) is 16.1 Å². The van der Waals surface area contributed by atoms with Crippen molar-refractivity contribution in [1.82, 2.24) is 20.1 Å². The molecule has 1 unspecified atom stereocenters. The first-order chi connectivity index (χ1) is 13.6. The second-order valence-electron chi connectivity index (χ2n) is 8.68. The summed E-state index contributed by atoms with van der Waals surface area (Å²) in [5.41, 5.74) is 2.24. The second kappa shape index (κ2) is 8.60. The van der Waals surface area contributed by atoms with Crippen LogP contribution < -0.4 is 5.32 Å². The number of amides is 2. The summed E-state index contributed by atoms with van der Waals surface area (Å²) in [5.74, 6) is 0.939. The number of hydrogen-bond acceptors (Lipinski definition) is 4. The van der Waals surface area contributed by atoms with Gasteiger partial charge in [-0.25, -0.2) is 0 Å². The van der Waals surface area contributed by atoms with Crippen LogP contribution in [0.2, 0.25) is 0 Å². The molecule has 3 fully saturated rings. The van der Waals surface area contributed by atoms with Crippen molar-refractivity contribution >= 4 is 11.8 Å². The Morgan fingerprint density at radius 3 is 2.61 bits per heavy atom. The van der Waals surface area contributed by atoms with E-state index in [-0.39, 0.29) is 11.8 Å². The monoisotopic (exact) mass is 384 g/mol. The van der Waals surface area contributed by atoms with Crippen LogP contribution in [-0.4, -0.2) is 58.8 Å². The smallest absolute Gasteiger partial charge is 0.225 e. The third-order valence-corrected chi connectivity index (χ3v) is 6.63. The van der Waals surface area contributed by atoms with Crippen molar-refractivity contribution in [1.29, 1.82) is 0 Å². The zero-order valence-corrected chi connectivity index (χ0v) is 16.9. The highest BCUT2D eigenvalue weighted by atomic mass is 16.2. The van der Waals surface area contributed by atoms with Crippen molar-refractivity contribution in [3.05, 3.63) is 29.6 Å².